The highest BCUT2D eigenvalue weighted by molar-refractivity contribution is 7.89. The largest absolute Gasteiger partial charge is 0.493 e. The van der Waals surface area contributed by atoms with E-state index >= 15 is 0 Å². The molecule has 32 heavy (non-hydrogen) atoms. The van der Waals surface area contributed by atoms with Crippen molar-refractivity contribution in [2.75, 3.05) is 39.4 Å². The topological polar surface area (TPSA) is 93.2 Å². The van der Waals surface area contributed by atoms with Gasteiger partial charge in [-0.1, -0.05) is 0 Å². The van der Waals surface area contributed by atoms with Crippen LogP contribution in [0.1, 0.15) is 23.7 Å². The Bertz CT molecular complexity index is 1030. The molecule has 1 saturated heterocycles. The van der Waals surface area contributed by atoms with Gasteiger partial charge in [-0.3, -0.25) is 4.79 Å². The van der Waals surface area contributed by atoms with Crippen LogP contribution in [0.15, 0.2) is 53.4 Å². The van der Waals surface area contributed by atoms with Crippen molar-refractivity contribution in [1.82, 2.24) is 9.21 Å². The molecule has 0 aromatic heterocycles. The van der Waals surface area contributed by atoms with Gasteiger partial charge in [0.15, 0.2) is 0 Å². The van der Waals surface area contributed by atoms with Crippen molar-refractivity contribution in [1.29, 1.82) is 0 Å². The number of halogens is 1. The van der Waals surface area contributed by atoms with Gasteiger partial charge in [0, 0.05) is 39.5 Å². The fourth-order valence-corrected chi connectivity index (χ4v) is 4.61. The van der Waals surface area contributed by atoms with Crippen molar-refractivity contribution in [3.8, 4) is 5.75 Å². The van der Waals surface area contributed by atoms with E-state index in [1.165, 1.54) is 59.8 Å². The molecule has 0 bridgehead atoms. The molecule has 1 aliphatic heterocycles. The Labute approximate surface area is 186 Å². The third-order valence-electron chi connectivity index (χ3n) is 5.02. The maximum absolute atomic E-state index is 12.8. The van der Waals surface area contributed by atoms with Crippen molar-refractivity contribution in [2.24, 2.45) is 0 Å². The first kappa shape index (κ1) is 23.7. The first-order valence-electron chi connectivity index (χ1n) is 10.2. The maximum atomic E-state index is 12.8. The molecule has 172 valence electrons. The predicted octanol–water partition coefficient (Wildman–Crippen LogP) is 2.30. The molecule has 1 aliphatic rings. The summed E-state index contributed by atoms with van der Waals surface area (Å²) in [5, 5.41) is 0. The fourth-order valence-electron chi connectivity index (χ4n) is 3.18. The highest BCUT2D eigenvalue weighted by Gasteiger charge is 2.29. The highest BCUT2D eigenvalue weighted by Crippen LogP contribution is 2.19. The Morgan fingerprint density at radius 1 is 0.938 bits per heavy atom. The lowest BCUT2D eigenvalue weighted by atomic mass is 10.2. The lowest BCUT2D eigenvalue weighted by Gasteiger charge is -2.33. The normalized spacial score (nSPS) is 14.8. The number of carbonyl (C=O) groups is 2. The van der Waals surface area contributed by atoms with E-state index in [1.807, 2.05) is 0 Å². The van der Waals surface area contributed by atoms with Crippen molar-refractivity contribution < 1.29 is 31.9 Å². The SMILES string of the molecule is CC(=O)N1CCN(S(=O)(=O)c2ccc(C(=O)OCCCOc3ccc(F)cc3)cc2)CC1. The van der Waals surface area contributed by atoms with Gasteiger partial charge in [-0.15, -0.1) is 0 Å². The Morgan fingerprint density at radius 3 is 2.16 bits per heavy atom. The number of piperazine rings is 1. The lowest BCUT2D eigenvalue weighted by Crippen LogP contribution is -2.49. The molecule has 0 atom stereocenters. The summed E-state index contributed by atoms with van der Waals surface area (Å²) >= 11 is 0. The van der Waals surface area contributed by atoms with Crippen molar-refractivity contribution in [3.63, 3.8) is 0 Å². The minimum absolute atomic E-state index is 0.0769. The second-order valence-corrected chi connectivity index (χ2v) is 9.16. The first-order chi connectivity index (χ1) is 15.3. The van der Waals surface area contributed by atoms with E-state index in [2.05, 4.69) is 0 Å². The average molecular weight is 465 g/mol. The van der Waals surface area contributed by atoms with Crippen LogP contribution in [0.4, 0.5) is 4.39 Å². The van der Waals surface area contributed by atoms with E-state index in [1.54, 1.807) is 4.90 Å². The number of nitrogens with zero attached hydrogens (tertiary/aromatic N) is 2. The summed E-state index contributed by atoms with van der Waals surface area (Å²) in [6.45, 7) is 3.04. The maximum Gasteiger partial charge on any atom is 0.338 e. The van der Waals surface area contributed by atoms with E-state index in [-0.39, 0.29) is 41.9 Å². The van der Waals surface area contributed by atoms with Gasteiger partial charge in [0.2, 0.25) is 15.9 Å². The standard InChI is InChI=1S/C22H25FN2O6S/c1-17(26)24-11-13-25(14-12-24)32(28,29)21-9-3-18(4-10-21)22(27)31-16-2-15-30-20-7-5-19(23)6-8-20/h3-10H,2,11-16H2,1H3. The molecule has 1 heterocycles. The predicted molar refractivity (Wildman–Crippen MR) is 114 cm³/mol. The zero-order valence-electron chi connectivity index (χ0n) is 17.7. The molecule has 8 nitrogen and oxygen atoms in total. The average Bonchev–Trinajstić information content (AvgIpc) is 2.80. The molecule has 2 aromatic rings. The molecule has 1 amide bonds. The van der Waals surface area contributed by atoms with Crippen LogP contribution >= 0.6 is 0 Å². The van der Waals surface area contributed by atoms with Crippen LogP contribution in [0.2, 0.25) is 0 Å². The zero-order valence-corrected chi connectivity index (χ0v) is 18.5. The van der Waals surface area contributed by atoms with Gasteiger partial charge in [0.05, 0.1) is 23.7 Å². The van der Waals surface area contributed by atoms with Gasteiger partial charge in [-0.05, 0) is 48.5 Å². The Morgan fingerprint density at radius 2 is 1.56 bits per heavy atom. The first-order valence-corrected chi connectivity index (χ1v) is 11.6. The molecule has 0 N–H and O–H groups in total. The number of carbonyl (C=O) groups excluding carboxylic acids is 2. The van der Waals surface area contributed by atoms with Crippen molar-refractivity contribution >= 4 is 21.9 Å². The van der Waals surface area contributed by atoms with Crippen LogP contribution in [0.5, 0.6) is 5.75 Å². The molecule has 0 spiro atoms. The third-order valence-corrected chi connectivity index (χ3v) is 6.93. The Kier molecular flexibility index (Phi) is 7.81. The van der Waals surface area contributed by atoms with E-state index in [0.717, 1.165) is 0 Å². The number of hydrogen-bond donors (Lipinski definition) is 0. The molecule has 3 rings (SSSR count). The van der Waals surface area contributed by atoms with Crippen LogP contribution in [0.25, 0.3) is 0 Å². The van der Waals surface area contributed by atoms with Gasteiger partial charge in [0.25, 0.3) is 0 Å². The van der Waals surface area contributed by atoms with E-state index in [9.17, 15) is 22.4 Å². The summed E-state index contributed by atoms with van der Waals surface area (Å²) in [6, 6.07) is 11.2. The van der Waals surface area contributed by atoms with Gasteiger partial charge >= 0.3 is 5.97 Å². The monoisotopic (exact) mass is 464 g/mol. The second kappa shape index (κ2) is 10.6. The summed E-state index contributed by atoms with van der Waals surface area (Å²) in [7, 11) is -3.70. The molecule has 0 aliphatic carbocycles. The molecule has 10 heteroatoms. The smallest absolute Gasteiger partial charge is 0.338 e. The molecule has 2 aromatic carbocycles. The summed E-state index contributed by atoms with van der Waals surface area (Å²) in [6.07, 6.45) is 0.446. The van der Waals surface area contributed by atoms with Crippen LogP contribution in [0.3, 0.4) is 0 Å². The number of sulfonamides is 1. The van der Waals surface area contributed by atoms with Crippen LogP contribution in [-0.2, 0) is 19.6 Å². The van der Waals surface area contributed by atoms with E-state index in [4.69, 9.17) is 9.47 Å². The minimum atomic E-state index is -3.70. The molecule has 0 saturated carbocycles. The van der Waals surface area contributed by atoms with Gasteiger partial charge in [-0.25, -0.2) is 17.6 Å². The van der Waals surface area contributed by atoms with Crippen molar-refractivity contribution in [3.05, 3.63) is 59.9 Å². The Hall–Kier alpha value is -2.98. The summed E-state index contributed by atoms with van der Waals surface area (Å²) in [5.41, 5.74) is 0.241. The summed E-state index contributed by atoms with van der Waals surface area (Å²) < 4.78 is 50.4. The quantitative estimate of drug-likeness (QED) is 0.440. The highest BCUT2D eigenvalue weighted by atomic mass is 32.2. The van der Waals surface area contributed by atoms with Crippen LogP contribution in [-0.4, -0.2) is 68.9 Å². The molecular weight excluding hydrogens is 439 g/mol. The van der Waals surface area contributed by atoms with Gasteiger partial charge in [-0.2, -0.15) is 4.31 Å². The number of ether oxygens (including phenoxy) is 2. The number of esters is 1. The summed E-state index contributed by atoms with van der Waals surface area (Å²) in [4.78, 5) is 25.3. The minimum Gasteiger partial charge on any atom is -0.493 e. The number of benzene rings is 2. The zero-order chi connectivity index (χ0) is 23.1. The van der Waals surface area contributed by atoms with Crippen LogP contribution in [0, 0.1) is 5.82 Å². The van der Waals surface area contributed by atoms with Gasteiger partial charge in [0.1, 0.15) is 11.6 Å². The fraction of sp³-hybridized carbons (Fsp3) is 0.364. The van der Waals surface area contributed by atoms with E-state index in [0.29, 0.717) is 31.9 Å². The third kappa shape index (κ3) is 6.04. The van der Waals surface area contributed by atoms with Crippen LogP contribution < -0.4 is 4.74 Å². The molecular formula is C22H25FN2O6S. The van der Waals surface area contributed by atoms with E-state index < -0.39 is 16.0 Å². The molecule has 0 unspecified atom stereocenters. The molecule has 0 radical (unpaired) electrons. The Balaban J connectivity index is 1.46. The summed E-state index contributed by atoms with van der Waals surface area (Å²) in [5.74, 6) is -0.462. The number of hydrogen-bond acceptors (Lipinski definition) is 6. The van der Waals surface area contributed by atoms with Gasteiger partial charge < -0.3 is 14.4 Å². The lowest BCUT2D eigenvalue weighted by molar-refractivity contribution is -0.129. The van der Waals surface area contributed by atoms with Crippen molar-refractivity contribution in [2.45, 2.75) is 18.2 Å². The second-order valence-electron chi connectivity index (χ2n) is 7.23. The number of amides is 1. The molecule has 1 fully saturated rings. The number of rotatable bonds is 8.